The van der Waals surface area contributed by atoms with E-state index in [2.05, 4.69) is 9.97 Å². The molecule has 0 saturated heterocycles. The largest absolute Gasteiger partial charge is 0.478 e. The molecule has 6 heteroatoms. The highest BCUT2D eigenvalue weighted by Gasteiger charge is 2.22. The van der Waals surface area contributed by atoms with E-state index in [9.17, 15) is 9.90 Å². The topological polar surface area (TPSA) is 72.3 Å². The molecule has 5 nitrogen and oxygen atoms in total. The first-order valence-corrected chi connectivity index (χ1v) is 6.44. The van der Waals surface area contributed by atoms with Gasteiger partial charge in [0.2, 0.25) is 0 Å². The van der Waals surface area contributed by atoms with Gasteiger partial charge in [0.05, 0.1) is 16.7 Å². The van der Waals surface area contributed by atoms with Crippen LogP contribution in [0.5, 0.6) is 0 Å². The van der Waals surface area contributed by atoms with Crippen molar-refractivity contribution in [3.05, 3.63) is 22.3 Å². The van der Waals surface area contributed by atoms with Crippen LogP contribution in [0.2, 0.25) is 0 Å². The third-order valence-electron chi connectivity index (χ3n) is 2.80. The minimum Gasteiger partial charge on any atom is -0.478 e. The Morgan fingerprint density at radius 2 is 2.33 bits per heavy atom. The zero-order valence-corrected chi connectivity index (χ0v) is 11.2. The van der Waals surface area contributed by atoms with E-state index in [0.717, 1.165) is 16.3 Å². The smallest absolute Gasteiger partial charge is 0.337 e. The molecule has 2 rings (SSSR count). The van der Waals surface area contributed by atoms with E-state index in [1.54, 1.807) is 7.11 Å². The minimum atomic E-state index is -1.01. The van der Waals surface area contributed by atoms with Gasteiger partial charge in [-0.15, -0.1) is 0 Å². The Morgan fingerprint density at radius 1 is 1.61 bits per heavy atom. The maximum Gasteiger partial charge on any atom is 0.337 e. The van der Waals surface area contributed by atoms with E-state index < -0.39 is 5.97 Å². The van der Waals surface area contributed by atoms with Gasteiger partial charge in [-0.3, -0.25) is 0 Å². The second-order valence-corrected chi connectivity index (χ2v) is 4.95. The molecule has 18 heavy (non-hydrogen) atoms. The normalized spacial score (nSPS) is 12.8. The van der Waals surface area contributed by atoms with Gasteiger partial charge >= 0.3 is 5.97 Å². The van der Waals surface area contributed by atoms with E-state index in [0.29, 0.717) is 11.1 Å². The number of pyridine rings is 1. The molecule has 1 unspecified atom stereocenters. The maximum atomic E-state index is 11.2. The molecule has 1 atom stereocenters. The van der Waals surface area contributed by atoms with Crippen molar-refractivity contribution >= 4 is 27.7 Å². The van der Waals surface area contributed by atoms with Crippen molar-refractivity contribution in [1.82, 2.24) is 9.97 Å². The fraction of sp³-hybridized carbons (Fsp3) is 0.417. The van der Waals surface area contributed by atoms with Crippen LogP contribution in [0.1, 0.15) is 40.9 Å². The Balaban J connectivity index is 2.75. The number of aryl methyl sites for hydroxylation is 1. The van der Waals surface area contributed by atoms with Gasteiger partial charge < -0.3 is 9.84 Å². The number of carbonyl (C=O) groups is 1. The molecular formula is C12H14N2O3S. The summed E-state index contributed by atoms with van der Waals surface area (Å²) >= 11 is 1.49. The van der Waals surface area contributed by atoms with E-state index >= 15 is 0 Å². The number of nitrogens with zero attached hydrogens (tertiary/aromatic N) is 2. The Labute approximate surface area is 108 Å². The fourth-order valence-corrected chi connectivity index (χ4v) is 2.65. The van der Waals surface area contributed by atoms with Gasteiger partial charge in [0, 0.05) is 18.9 Å². The van der Waals surface area contributed by atoms with Crippen molar-refractivity contribution < 1.29 is 14.6 Å². The number of aromatic nitrogens is 2. The lowest BCUT2D eigenvalue weighted by molar-refractivity contribution is 0.0683. The van der Waals surface area contributed by atoms with Crippen LogP contribution in [0.25, 0.3) is 10.3 Å². The predicted octanol–water partition coefficient (Wildman–Crippen LogP) is 2.66. The molecule has 0 spiro atoms. The van der Waals surface area contributed by atoms with Crippen molar-refractivity contribution in [2.75, 3.05) is 7.11 Å². The summed E-state index contributed by atoms with van der Waals surface area (Å²) in [6, 6.07) is 0. The fourth-order valence-electron chi connectivity index (χ4n) is 1.79. The van der Waals surface area contributed by atoms with Crippen molar-refractivity contribution in [2.24, 2.45) is 0 Å². The summed E-state index contributed by atoms with van der Waals surface area (Å²) in [5, 5.41) is 10.2. The number of hydrogen-bond donors (Lipinski definition) is 1. The summed E-state index contributed by atoms with van der Waals surface area (Å²) in [4.78, 5) is 20.6. The predicted molar refractivity (Wildman–Crippen MR) is 69.2 cm³/mol. The number of thiazole rings is 1. The van der Waals surface area contributed by atoms with Crippen molar-refractivity contribution in [2.45, 2.75) is 26.4 Å². The number of hydrogen-bond acceptors (Lipinski definition) is 5. The summed E-state index contributed by atoms with van der Waals surface area (Å²) in [7, 11) is 1.55. The second-order valence-electron chi connectivity index (χ2n) is 3.88. The zero-order chi connectivity index (χ0) is 13.3. The molecule has 2 aromatic rings. The Morgan fingerprint density at radius 3 is 2.89 bits per heavy atom. The number of carboxylic acid groups (broad SMARTS) is 1. The lowest BCUT2D eigenvalue weighted by Gasteiger charge is -2.12. The molecule has 0 bridgehead atoms. The van der Waals surface area contributed by atoms with E-state index in [-0.39, 0.29) is 11.7 Å². The summed E-state index contributed by atoms with van der Waals surface area (Å²) in [6.07, 6.45) is 1.87. The van der Waals surface area contributed by atoms with Crippen molar-refractivity contribution in [1.29, 1.82) is 0 Å². The van der Waals surface area contributed by atoms with E-state index in [1.165, 1.54) is 17.5 Å². The molecule has 0 saturated carbocycles. The molecule has 0 aliphatic carbocycles. The molecule has 0 aliphatic rings. The molecule has 0 aliphatic heterocycles. The number of rotatable bonds is 4. The maximum absolute atomic E-state index is 11.2. The van der Waals surface area contributed by atoms with Crippen LogP contribution in [-0.2, 0) is 11.2 Å². The van der Waals surface area contributed by atoms with Crippen molar-refractivity contribution in [3.8, 4) is 0 Å². The number of methoxy groups -OCH3 is 1. The number of ether oxygens (including phenoxy) is 1. The summed E-state index contributed by atoms with van der Waals surface area (Å²) in [5.74, 6) is -1.01. The highest BCUT2D eigenvalue weighted by Crippen LogP contribution is 2.31. The molecule has 0 amide bonds. The van der Waals surface area contributed by atoms with Crippen LogP contribution >= 0.6 is 11.3 Å². The first kappa shape index (κ1) is 12.9. The van der Waals surface area contributed by atoms with Crippen LogP contribution in [0.15, 0.2) is 6.20 Å². The minimum absolute atomic E-state index is 0.157. The molecule has 2 aromatic heterocycles. The number of carboxylic acids is 1. The van der Waals surface area contributed by atoms with Crippen LogP contribution < -0.4 is 0 Å². The summed E-state index contributed by atoms with van der Waals surface area (Å²) in [6.45, 7) is 3.82. The molecule has 0 radical (unpaired) electrons. The molecule has 96 valence electrons. The first-order valence-electron chi connectivity index (χ1n) is 5.62. The average molecular weight is 266 g/mol. The average Bonchev–Trinajstić information content (AvgIpc) is 2.79. The highest BCUT2D eigenvalue weighted by atomic mass is 32.1. The first-order chi connectivity index (χ1) is 8.58. The van der Waals surface area contributed by atoms with Crippen LogP contribution in [0.3, 0.4) is 0 Å². The van der Waals surface area contributed by atoms with Crippen LogP contribution in [0, 0.1) is 0 Å². The molecule has 1 N–H and O–H groups in total. The SMILES string of the molecule is CCc1nc2c(C(C)OC)c(C(=O)O)cnc2s1. The van der Waals surface area contributed by atoms with Crippen molar-refractivity contribution in [3.63, 3.8) is 0 Å². The Kier molecular flexibility index (Phi) is 3.58. The Bertz CT molecular complexity index is 594. The second kappa shape index (κ2) is 4.99. The van der Waals surface area contributed by atoms with Gasteiger partial charge in [0.1, 0.15) is 10.3 Å². The number of fused-ring (bicyclic) bond motifs is 1. The van der Waals surface area contributed by atoms with Gasteiger partial charge in [-0.05, 0) is 13.3 Å². The quantitative estimate of drug-likeness (QED) is 0.921. The van der Waals surface area contributed by atoms with Gasteiger partial charge in [-0.1, -0.05) is 18.3 Å². The molecule has 0 aromatic carbocycles. The molecule has 0 fully saturated rings. The molecule has 2 heterocycles. The van der Waals surface area contributed by atoms with Crippen LogP contribution in [-0.4, -0.2) is 28.2 Å². The Hall–Kier alpha value is -1.53. The van der Waals surface area contributed by atoms with Gasteiger partial charge in [-0.2, -0.15) is 0 Å². The van der Waals surface area contributed by atoms with E-state index in [4.69, 9.17) is 4.74 Å². The van der Waals surface area contributed by atoms with E-state index in [1.807, 2.05) is 13.8 Å². The summed E-state index contributed by atoms with van der Waals surface area (Å²) < 4.78 is 5.25. The lowest BCUT2D eigenvalue weighted by atomic mass is 10.0. The number of aromatic carboxylic acids is 1. The zero-order valence-electron chi connectivity index (χ0n) is 10.4. The van der Waals surface area contributed by atoms with Gasteiger partial charge in [0.15, 0.2) is 0 Å². The monoisotopic (exact) mass is 266 g/mol. The highest BCUT2D eigenvalue weighted by molar-refractivity contribution is 7.18. The third kappa shape index (κ3) is 2.09. The van der Waals surface area contributed by atoms with Gasteiger partial charge in [-0.25, -0.2) is 14.8 Å². The third-order valence-corrected chi connectivity index (χ3v) is 3.91. The lowest BCUT2D eigenvalue weighted by Crippen LogP contribution is -2.08. The van der Waals surface area contributed by atoms with Crippen LogP contribution in [0.4, 0.5) is 0 Å². The standard InChI is InChI=1S/C12H14N2O3S/c1-4-8-14-10-9(6(2)17-3)7(12(15)16)5-13-11(10)18-8/h5-6H,4H2,1-3H3,(H,15,16). The molecular weight excluding hydrogens is 252 g/mol. The summed E-state index contributed by atoms with van der Waals surface area (Å²) in [5.41, 5.74) is 1.40. The van der Waals surface area contributed by atoms with Gasteiger partial charge in [0.25, 0.3) is 0 Å².